The van der Waals surface area contributed by atoms with Crippen LogP contribution in [0.25, 0.3) is 0 Å². The minimum Gasteiger partial charge on any atom is -0.481 e. The van der Waals surface area contributed by atoms with Gasteiger partial charge in [0.15, 0.2) is 0 Å². The van der Waals surface area contributed by atoms with Crippen molar-refractivity contribution in [1.82, 2.24) is 5.32 Å². The van der Waals surface area contributed by atoms with Gasteiger partial charge >= 0.3 is 5.97 Å². The van der Waals surface area contributed by atoms with E-state index in [1.807, 2.05) is 6.92 Å². The second kappa shape index (κ2) is 5.30. The average Bonchev–Trinajstić information content (AvgIpc) is 2.12. The summed E-state index contributed by atoms with van der Waals surface area (Å²) in [6.07, 6.45) is 2.83. The second-order valence-corrected chi connectivity index (χ2v) is 4.75. The number of carbonyl (C=O) groups excluding carboxylic acids is 1. The summed E-state index contributed by atoms with van der Waals surface area (Å²) in [6, 6.07) is 0. The van der Waals surface area contributed by atoms with E-state index in [1.54, 1.807) is 0 Å². The van der Waals surface area contributed by atoms with Gasteiger partial charge in [0.2, 0.25) is 5.91 Å². The van der Waals surface area contributed by atoms with Crippen LogP contribution >= 0.6 is 0 Å². The van der Waals surface area contributed by atoms with Gasteiger partial charge in [-0.15, -0.1) is 0 Å². The highest BCUT2D eigenvalue weighted by Gasteiger charge is 2.42. The lowest BCUT2D eigenvalue weighted by atomic mass is 9.68. The molecule has 1 rings (SSSR count). The predicted octanol–water partition coefficient (Wildman–Crippen LogP) is 0.342. The predicted molar refractivity (Wildman–Crippen MR) is 59.8 cm³/mol. The van der Waals surface area contributed by atoms with Crippen molar-refractivity contribution >= 4 is 11.9 Å². The molecule has 0 aromatic heterocycles. The Morgan fingerprint density at radius 3 is 2.50 bits per heavy atom. The first kappa shape index (κ1) is 13.0. The lowest BCUT2D eigenvalue weighted by Crippen LogP contribution is -2.51. The summed E-state index contributed by atoms with van der Waals surface area (Å²) in [4.78, 5) is 22.3. The Bertz CT molecular complexity index is 269. The van der Waals surface area contributed by atoms with Gasteiger partial charge in [0, 0.05) is 19.5 Å². The van der Waals surface area contributed by atoms with Crippen molar-refractivity contribution < 1.29 is 14.7 Å². The number of nitrogens with two attached hydrogens (primary N) is 1. The van der Waals surface area contributed by atoms with E-state index < -0.39 is 5.97 Å². The van der Waals surface area contributed by atoms with Crippen molar-refractivity contribution in [3.05, 3.63) is 0 Å². The van der Waals surface area contributed by atoms with Crippen LogP contribution in [0, 0.1) is 11.3 Å². The molecule has 16 heavy (non-hydrogen) atoms. The molecule has 1 fully saturated rings. The Balaban J connectivity index is 2.32. The molecule has 1 unspecified atom stereocenters. The lowest BCUT2D eigenvalue weighted by molar-refractivity contribution is -0.139. The summed E-state index contributed by atoms with van der Waals surface area (Å²) in [7, 11) is 0. The summed E-state index contributed by atoms with van der Waals surface area (Å²) in [5.74, 6) is -0.895. The van der Waals surface area contributed by atoms with E-state index >= 15 is 0 Å². The summed E-state index contributed by atoms with van der Waals surface area (Å²) >= 11 is 0. The highest BCUT2D eigenvalue weighted by molar-refractivity contribution is 5.83. The monoisotopic (exact) mass is 228 g/mol. The molecule has 0 aromatic rings. The molecule has 4 N–H and O–H groups in total. The average molecular weight is 228 g/mol. The normalized spacial score (nSPS) is 19.6. The molecule has 0 saturated heterocycles. The number of hydrogen-bond acceptors (Lipinski definition) is 3. The van der Waals surface area contributed by atoms with E-state index in [-0.39, 0.29) is 23.7 Å². The fourth-order valence-electron chi connectivity index (χ4n) is 1.95. The number of hydrogen-bond donors (Lipinski definition) is 3. The molecule has 5 heteroatoms. The molecule has 0 aliphatic heterocycles. The number of carboxylic acids is 1. The lowest BCUT2D eigenvalue weighted by Gasteiger charge is -2.39. The summed E-state index contributed by atoms with van der Waals surface area (Å²) in [5.41, 5.74) is 5.23. The van der Waals surface area contributed by atoms with Crippen LogP contribution in [-0.2, 0) is 9.59 Å². The minimum absolute atomic E-state index is 0.0153. The molecule has 1 aliphatic rings. The maximum Gasteiger partial charge on any atom is 0.303 e. The molecule has 1 aliphatic carbocycles. The number of carboxylic acid groups (broad SMARTS) is 1. The van der Waals surface area contributed by atoms with E-state index in [2.05, 4.69) is 5.32 Å². The molecule has 1 atom stereocenters. The number of aliphatic carboxylic acids is 1. The van der Waals surface area contributed by atoms with Crippen molar-refractivity contribution in [2.24, 2.45) is 17.1 Å². The van der Waals surface area contributed by atoms with Crippen LogP contribution < -0.4 is 11.1 Å². The topological polar surface area (TPSA) is 92.4 Å². The van der Waals surface area contributed by atoms with Gasteiger partial charge in [0.05, 0.1) is 5.41 Å². The van der Waals surface area contributed by atoms with Crippen LogP contribution in [0.5, 0.6) is 0 Å². The van der Waals surface area contributed by atoms with Crippen LogP contribution in [0.3, 0.4) is 0 Å². The number of amides is 1. The SMILES string of the molecule is CC(CNC(=O)C1(CN)CCC1)CC(=O)O. The van der Waals surface area contributed by atoms with Gasteiger partial charge in [-0.25, -0.2) is 0 Å². The fraction of sp³-hybridized carbons (Fsp3) is 0.818. The first-order valence-corrected chi connectivity index (χ1v) is 5.70. The molecule has 5 nitrogen and oxygen atoms in total. The van der Waals surface area contributed by atoms with E-state index in [9.17, 15) is 9.59 Å². The highest BCUT2D eigenvalue weighted by atomic mass is 16.4. The third kappa shape index (κ3) is 2.95. The molecule has 0 bridgehead atoms. The Kier molecular flexibility index (Phi) is 4.29. The van der Waals surface area contributed by atoms with E-state index in [0.29, 0.717) is 13.1 Å². The van der Waals surface area contributed by atoms with Crippen LogP contribution in [-0.4, -0.2) is 30.1 Å². The number of carbonyl (C=O) groups is 2. The Morgan fingerprint density at radius 2 is 2.12 bits per heavy atom. The Morgan fingerprint density at radius 1 is 1.50 bits per heavy atom. The third-order valence-corrected chi connectivity index (χ3v) is 3.32. The first-order valence-electron chi connectivity index (χ1n) is 5.70. The molecule has 92 valence electrons. The maximum absolute atomic E-state index is 11.8. The molecule has 0 spiro atoms. The van der Waals surface area contributed by atoms with Crippen molar-refractivity contribution in [3.8, 4) is 0 Å². The van der Waals surface area contributed by atoms with Crippen LogP contribution in [0.1, 0.15) is 32.6 Å². The fourth-order valence-corrected chi connectivity index (χ4v) is 1.95. The Labute approximate surface area is 95.4 Å². The maximum atomic E-state index is 11.8. The molecule has 0 radical (unpaired) electrons. The van der Waals surface area contributed by atoms with Crippen molar-refractivity contribution in [3.63, 3.8) is 0 Å². The van der Waals surface area contributed by atoms with E-state index in [4.69, 9.17) is 10.8 Å². The standard InChI is InChI=1S/C11H20N2O3/c1-8(5-9(14)15)6-13-10(16)11(7-12)3-2-4-11/h8H,2-7,12H2,1H3,(H,13,16)(H,14,15). The molecule has 1 saturated carbocycles. The molecule has 0 heterocycles. The van der Waals surface area contributed by atoms with Gasteiger partial charge in [-0.1, -0.05) is 13.3 Å². The number of rotatable bonds is 6. The molecule has 1 amide bonds. The summed E-state index contributed by atoms with van der Waals surface area (Å²) < 4.78 is 0. The van der Waals surface area contributed by atoms with Crippen molar-refractivity contribution in [2.75, 3.05) is 13.1 Å². The van der Waals surface area contributed by atoms with E-state index in [1.165, 1.54) is 0 Å². The highest BCUT2D eigenvalue weighted by Crippen LogP contribution is 2.39. The zero-order valence-corrected chi connectivity index (χ0v) is 9.66. The van der Waals surface area contributed by atoms with Gasteiger partial charge in [0.25, 0.3) is 0 Å². The molecule has 0 aromatic carbocycles. The second-order valence-electron chi connectivity index (χ2n) is 4.75. The zero-order valence-electron chi connectivity index (χ0n) is 9.66. The minimum atomic E-state index is -0.834. The van der Waals surface area contributed by atoms with Gasteiger partial charge in [-0.05, 0) is 18.8 Å². The quantitative estimate of drug-likeness (QED) is 0.611. The van der Waals surface area contributed by atoms with Crippen molar-refractivity contribution in [1.29, 1.82) is 0 Å². The molecular formula is C11H20N2O3. The van der Waals surface area contributed by atoms with Crippen molar-refractivity contribution in [2.45, 2.75) is 32.6 Å². The van der Waals surface area contributed by atoms with Gasteiger partial charge in [-0.3, -0.25) is 9.59 Å². The van der Waals surface area contributed by atoms with Gasteiger partial charge in [-0.2, -0.15) is 0 Å². The summed E-state index contributed by atoms with van der Waals surface area (Å²) in [6.45, 7) is 2.60. The van der Waals surface area contributed by atoms with E-state index in [0.717, 1.165) is 19.3 Å². The van der Waals surface area contributed by atoms with Crippen LogP contribution in [0.4, 0.5) is 0 Å². The van der Waals surface area contributed by atoms with Crippen LogP contribution in [0.2, 0.25) is 0 Å². The summed E-state index contributed by atoms with van der Waals surface area (Å²) in [5, 5.41) is 11.4. The first-order chi connectivity index (χ1) is 7.50. The van der Waals surface area contributed by atoms with Gasteiger partial charge < -0.3 is 16.2 Å². The van der Waals surface area contributed by atoms with Crippen LogP contribution in [0.15, 0.2) is 0 Å². The zero-order chi connectivity index (χ0) is 12.2. The molecular weight excluding hydrogens is 208 g/mol. The number of nitrogens with one attached hydrogen (secondary N) is 1. The Hall–Kier alpha value is -1.10. The van der Waals surface area contributed by atoms with Gasteiger partial charge in [0.1, 0.15) is 0 Å². The third-order valence-electron chi connectivity index (χ3n) is 3.32. The largest absolute Gasteiger partial charge is 0.481 e. The smallest absolute Gasteiger partial charge is 0.303 e.